The highest BCUT2D eigenvalue weighted by Crippen LogP contribution is 2.49. The van der Waals surface area contributed by atoms with Gasteiger partial charge in [0.15, 0.2) is 6.10 Å². The molecule has 0 bridgehead atoms. The summed E-state index contributed by atoms with van der Waals surface area (Å²) in [5.74, 6) is -1.30. The molecule has 0 aromatic heterocycles. The van der Waals surface area contributed by atoms with Gasteiger partial charge in [-0.05, 0) is 83.5 Å². The Morgan fingerprint density at radius 2 is 0.971 bits per heavy atom. The van der Waals surface area contributed by atoms with E-state index < -0.39 is 83.5 Å². The molecule has 404 valence electrons. The molecule has 19 heteroatoms. The Balaban J connectivity index is 2.59. The number of carbonyl (C=O) groups excluding carboxylic acids is 2. The minimum Gasteiger partial charge on any atom is -0.462 e. The predicted molar refractivity (Wildman–Crippen MR) is 270 cm³/mol. The van der Waals surface area contributed by atoms with Crippen molar-refractivity contribution in [1.29, 1.82) is 0 Å². The highest BCUT2D eigenvalue weighted by molar-refractivity contribution is 7.47. The molecule has 0 saturated heterocycles. The van der Waals surface area contributed by atoms with Crippen molar-refractivity contribution in [3.8, 4) is 0 Å². The van der Waals surface area contributed by atoms with Gasteiger partial charge in [0.05, 0.1) is 12.7 Å². The van der Waals surface area contributed by atoms with Crippen molar-refractivity contribution < 1.29 is 82.0 Å². The van der Waals surface area contributed by atoms with Crippen LogP contribution >= 0.6 is 15.6 Å². The molecule has 1 aliphatic rings. The summed E-state index contributed by atoms with van der Waals surface area (Å²) in [6.07, 6.45) is 32.0. The molecule has 1 rings (SSSR count). The Bertz CT molecular complexity index is 1640. The smallest absolute Gasteiger partial charge is 0.462 e. The van der Waals surface area contributed by atoms with Crippen LogP contribution in [0.25, 0.3) is 0 Å². The van der Waals surface area contributed by atoms with Crippen LogP contribution in [-0.2, 0) is 41.8 Å². The maximum atomic E-state index is 13.0. The van der Waals surface area contributed by atoms with Crippen molar-refractivity contribution in [3.63, 3.8) is 0 Å². The second-order valence-electron chi connectivity index (χ2n) is 17.7. The Morgan fingerprint density at radius 1 is 0.514 bits per heavy atom. The molecule has 0 amide bonds. The van der Waals surface area contributed by atoms with E-state index in [9.17, 15) is 58.9 Å². The zero-order valence-corrected chi connectivity index (χ0v) is 43.6. The normalized spacial score (nSPS) is 22.0. The third-order valence-electron chi connectivity index (χ3n) is 11.3. The summed E-state index contributed by atoms with van der Waals surface area (Å²) in [6.45, 7) is 2.85. The van der Waals surface area contributed by atoms with E-state index in [1.54, 1.807) is 0 Å². The maximum Gasteiger partial charge on any atom is 0.472 e. The number of hydrogen-bond acceptors (Lipinski definition) is 14. The summed E-state index contributed by atoms with van der Waals surface area (Å²) in [4.78, 5) is 54.4. The molecule has 0 heterocycles. The van der Waals surface area contributed by atoms with Gasteiger partial charge in [-0.25, -0.2) is 9.13 Å². The number of esters is 2. The molecule has 0 radical (unpaired) electrons. The average molecular weight is 1040 g/mol. The quantitative estimate of drug-likeness (QED) is 0.0122. The van der Waals surface area contributed by atoms with E-state index in [0.29, 0.717) is 32.1 Å². The molecule has 9 atom stereocenters. The van der Waals surface area contributed by atoms with Crippen molar-refractivity contribution in [3.05, 3.63) is 72.9 Å². The lowest BCUT2D eigenvalue weighted by Crippen LogP contribution is -2.64. The molecule has 0 aromatic rings. The molecule has 0 aliphatic heterocycles. The second-order valence-corrected chi connectivity index (χ2v) is 20.3. The lowest BCUT2D eigenvalue weighted by atomic mass is 9.85. The van der Waals surface area contributed by atoms with Crippen LogP contribution in [0.4, 0.5) is 0 Å². The average Bonchev–Trinajstić information content (AvgIpc) is 3.31. The summed E-state index contributed by atoms with van der Waals surface area (Å²) in [6, 6.07) is 0. The summed E-state index contributed by atoms with van der Waals surface area (Å²) in [5.41, 5.74) is 0. The monoisotopic (exact) mass is 1030 g/mol. The molecular weight excluding hydrogens is 946 g/mol. The zero-order valence-electron chi connectivity index (χ0n) is 41.8. The molecule has 8 N–H and O–H groups in total. The van der Waals surface area contributed by atoms with Crippen LogP contribution in [0.2, 0.25) is 0 Å². The largest absolute Gasteiger partial charge is 0.472 e. The first kappa shape index (κ1) is 65.4. The molecular formula is C51H88O17P2. The van der Waals surface area contributed by atoms with E-state index >= 15 is 0 Å². The number of carbonyl (C=O) groups is 2. The van der Waals surface area contributed by atoms with Gasteiger partial charge >= 0.3 is 27.6 Å². The van der Waals surface area contributed by atoms with Gasteiger partial charge in [0, 0.05) is 12.8 Å². The third kappa shape index (κ3) is 34.7. The van der Waals surface area contributed by atoms with Crippen LogP contribution < -0.4 is 0 Å². The summed E-state index contributed by atoms with van der Waals surface area (Å²) < 4.78 is 49.4. The van der Waals surface area contributed by atoms with Crippen molar-refractivity contribution in [1.82, 2.24) is 0 Å². The van der Waals surface area contributed by atoms with Crippen LogP contribution in [0, 0.1) is 0 Å². The minimum atomic E-state index is -5.38. The van der Waals surface area contributed by atoms with Crippen molar-refractivity contribution in [2.75, 3.05) is 13.2 Å². The van der Waals surface area contributed by atoms with Gasteiger partial charge < -0.3 is 49.7 Å². The highest BCUT2D eigenvalue weighted by atomic mass is 31.2. The van der Waals surface area contributed by atoms with Crippen molar-refractivity contribution in [2.45, 2.75) is 223 Å². The first-order valence-electron chi connectivity index (χ1n) is 25.6. The summed E-state index contributed by atoms with van der Waals surface area (Å²) >= 11 is 0. The molecule has 17 nitrogen and oxygen atoms in total. The maximum absolute atomic E-state index is 13.0. The van der Waals surface area contributed by atoms with Gasteiger partial charge in [-0.1, -0.05) is 151 Å². The molecule has 6 unspecified atom stereocenters. The van der Waals surface area contributed by atoms with Gasteiger partial charge in [-0.15, -0.1) is 0 Å². The van der Waals surface area contributed by atoms with Gasteiger partial charge in [-0.2, -0.15) is 0 Å². The van der Waals surface area contributed by atoms with Crippen LogP contribution in [0.5, 0.6) is 0 Å². The second kappa shape index (κ2) is 40.8. The van der Waals surface area contributed by atoms with E-state index in [-0.39, 0.29) is 18.9 Å². The Kier molecular flexibility index (Phi) is 38.2. The topological polar surface area (TPSA) is 276 Å². The Labute approximate surface area is 417 Å². The van der Waals surface area contributed by atoms with E-state index in [1.165, 1.54) is 44.9 Å². The summed E-state index contributed by atoms with van der Waals surface area (Å²) in [7, 11) is -10.7. The van der Waals surface area contributed by atoms with E-state index in [1.807, 2.05) is 43.4 Å². The predicted octanol–water partition coefficient (Wildman–Crippen LogP) is 9.37. The highest BCUT2D eigenvalue weighted by Gasteiger charge is 2.54. The first-order chi connectivity index (χ1) is 33.5. The van der Waals surface area contributed by atoms with E-state index in [0.717, 1.165) is 70.6 Å². The summed E-state index contributed by atoms with van der Waals surface area (Å²) in [5, 5.41) is 51.1. The van der Waals surface area contributed by atoms with E-state index in [2.05, 4.69) is 47.9 Å². The molecule has 1 saturated carbocycles. The first-order valence-corrected chi connectivity index (χ1v) is 28.6. The fourth-order valence-corrected chi connectivity index (χ4v) is 8.90. The van der Waals surface area contributed by atoms with Gasteiger partial charge in [-0.3, -0.25) is 23.2 Å². The number of phosphoric acid groups is 2. The van der Waals surface area contributed by atoms with Crippen LogP contribution in [0.15, 0.2) is 72.9 Å². The van der Waals surface area contributed by atoms with Crippen LogP contribution in [0.3, 0.4) is 0 Å². The number of rotatable bonds is 42. The van der Waals surface area contributed by atoms with Crippen LogP contribution in [-0.4, -0.2) is 114 Å². The number of aliphatic hydroxyl groups is 5. The number of allylic oxidation sites excluding steroid dienone is 11. The SMILES string of the molecule is CCCCC/C=C\C/C=C\CCCCCCCCCCCC(=O)OC[C@H](COP(=O)(O)O[C@H]1C(O)C(O)C(O)[C@@H](OP(=O)(O)O)C1O)OC(=O)CCC/C=C\C/C=C\C/C=C\C/C=C\CC(O)CCC. The van der Waals surface area contributed by atoms with Gasteiger partial charge in [0.25, 0.3) is 0 Å². The van der Waals surface area contributed by atoms with Crippen molar-refractivity contribution in [2.24, 2.45) is 0 Å². The number of ether oxygens (including phenoxy) is 2. The van der Waals surface area contributed by atoms with Gasteiger partial charge in [0.1, 0.15) is 43.2 Å². The Morgan fingerprint density at radius 3 is 1.50 bits per heavy atom. The van der Waals surface area contributed by atoms with E-state index in [4.69, 9.17) is 18.5 Å². The standard InChI is InChI=1S/C51H88O17P2/c1-3-5-6-7-8-9-10-11-12-13-14-15-16-19-22-25-28-31-34-38-44(53)64-40-43(41-65-70(62,63)68-51-48(57)46(55)47(56)50(49(51)58)67-69(59,60)61)66-45(54)39-35-32-29-26-23-20-17-18-21-24-27-30-33-37-42(52)36-4-2/h8-9,11-12,17,20-21,24,26,29-30,33,42-43,46-52,55-58H,3-7,10,13-16,18-19,22-23,25,27-28,31-32,34-41H2,1-2H3,(H,62,63)(H2,59,60,61)/b9-8-,12-11-,20-17-,24-21-,29-26-,33-30-/t42?,43-,46?,47?,48?,49?,50-,51+/m1/s1. The lowest BCUT2D eigenvalue weighted by Gasteiger charge is -2.43. The van der Waals surface area contributed by atoms with Gasteiger partial charge in [0.2, 0.25) is 0 Å². The lowest BCUT2D eigenvalue weighted by molar-refractivity contribution is -0.216. The molecule has 70 heavy (non-hydrogen) atoms. The van der Waals surface area contributed by atoms with Crippen molar-refractivity contribution >= 4 is 27.6 Å². The third-order valence-corrected chi connectivity index (χ3v) is 12.8. The molecule has 0 aromatic carbocycles. The molecule has 1 fully saturated rings. The Hall–Kier alpha value is -2.60. The fourth-order valence-electron chi connectivity index (χ4n) is 7.36. The number of unbranched alkanes of at least 4 members (excludes halogenated alkanes) is 13. The number of hydrogen-bond donors (Lipinski definition) is 8. The molecule has 0 spiro atoms. The zero-order chi connectivity index (χ0) is 51.9. The molecule has 1 aliphatic carbocycles. The number of aliphatic hydroxyl groups excluding tert-OH is 5. The van der Waals surface area contributed by atoms with Crippen LogP contribution in [0.1, 0.15) is 174 Å². The fraction of sp³-hybridized carbons (Fsp3) is 0.725. The number of phosphoric ester groups is 2. The minimum absolute atomic E-state index is 0.0505.